The summed E-state index contributed by atoms with van der Waals surface area (Å²) in [4.78, 5) is 26.6. The van der Waals surface area contributed by atoms with Crippen molar-refractivity contribution in [3.05, 3.63) is 59.0 Å². The predicted octanol–water partition coefficient (Wildman–Crippen LogP) is 1.92. The fourth-order valence-corrected chi connectivity index (χ4v) is 3.18. The Labute approximate surface area is 158 Å². The smallest absolute Gasteiger partial charge is 0.254 e. The zero-order valence-electron chi connectivity index (χ0n) is 15.6. The molecule has 144 valence electrons. The number of morpholine rings is 1. The van der Waals surface area contributed by atoms with Crippen LogP contribution in [-0.2, 0) is 17.8 Å². The molecule has 0 aliphatic carbocycles. The number of nitrogens with one attached hydrogen (secondary N) is 1. The topological polar surface area (TPSA) is 97.8 Å². The summed E-state index contributed by atoms with van der Waals surface area (Å²) >= 11 is 0. The molecule has 27 heavy (non-hydrogen) atoms. The first-order chi connectivity index (χ1) is 13.0. The van der Waals surface area contributed by atoms with Crippen LogP contribution in [-0.4, -0.2) is 42.0 Å². The Hall–Kier alpha value is -2.64. The van der Waals surface area contributed by atoms with E-state index in [0.29, 0.717) is 36.5 Å². The molecule has 0 bridgehead atoms. The number of ether oxygens (including phenoxy) is 1. The van der Waals surface area contributed by atoms with Gasteiger partial charge in [0.2, 0.25) is 0 Å². The Balaban J connectivity index is 1.56. The lowest BCUT2D eigenvalue weighted by molar-refractivity contribution is -0.0586. The third-order valence-corrected chi connectivity index (χ3v) is 4.48. The molecule has 1 saturated heterocycles. The van der Waals surface area contributed by atoms with E-state index in [2.05, 4.69) is 5.32 Å². The van der Waals surface area contributed by atoms with Crippen LogP contribution >= 0.6 is 0 Å². The highest BCUT2D eigenvalue weighted by Gasteiger charge is 2.26. The minimum absolute atomic E-state index is 0.000275. The van der Waals surface area contributed by atoms with Crippen LogP contribution in [0, 0.1) is 0 Å². The van der Waals surface area contributed by atoms with Gasteiger partial charge < -0.3 is 25.1 Å². The molecule has 0 saturated carbocycles. The van der Waals surface area contributed by atoms with Crippen LogP contribution in [0.3, 0.4) is 0 Å². The van der Waals surface area contributed by atoms with Crippen LogP contribution in [0.4, 0.5) is 0 Å². The predicted molar refractivity (Wildman–Crippen MR) is 100 cm³/mol. The minimum atomic E-state index is -0.227. The Morgan fingerprint density at radius 3 is 2.41 bits per heavy atom. The molecule has 2 aromatic rings. The largest absolute Gasteiger partial charge is 0.467 e. The van der Waals surface area contributed by atoms with Crippen molar-refractivity contribution in [1.82, 2.24) is 10.2 Å². The molecule has 1 aromatic carbocycles. The molecule has 3 N–H and O–H groups in total. The van der Waals surface area contributed by atoms with Crippen molar-refractivity contribution in [1.29, 1.82) is 0 Å². The normalized spacial score (nSPS) is 19.7. The van der Waals surface area contributed by atoms with Crippen LogP contribution in [0.5, 0.6) is 0 Å². The van der Waals surface area contributed by atoms with Crippen LogP contribution in [0.1, 0.15) is 45.9 Å². The fraction of sp³-hybridized carbons (Fsp3) is 0.400. The number of amides is 2. The molecule has 0 radical (unpaired) electrons. The number of nitrogens with two attached hydrogens (primary N) is 1. The molecule has 1 aromatic heterocycles. The zero-order chi connectivity index (χ0) is 19.4. The first-order valence-corrected chi connectivity index (χ1v) is 9.05. The Morgan fingerprint density at radius 1 is 1.15 bits per heavy atom. The second-order valence-corrected chi connectivity index (χ2v) is 6.85. The molecule has 2 unspecified atom stereocenters. The van der Waals surface area contributed by atoms with Gasteiger partial charge in [0.15, 0.2) is 0 Å². The maximum atomic E-state index is 12.7. The van der Waals surface area contributed by atoms with E-state index in [0.717, 1.165) is 5.56 Å². The number of carbonyl (C=O) groups excluding carboxylic acids is 2. The van der Waals surface area contributed by atoms with E-state index >= 15 is 0 Å². The number of nitrogens with zero attached hydrogens (tertiary/aromatic N) is 1. The molecule has 2 heterocycles. The Morgan fingerprint density at radius 2 is 1.81 bits per heavy atom. The molecular formula is C20H25N3O4. The summed E-state index contributed by atoms with van der Waals surface area (Å²) in [5.74, 6) is 0.338. The average Bonchev–Trinajstić information content (AvgIpc) is 3.14. The lowest BCUT2D eigenvalue weighted by Gasteiger charge is -2.35. The molecule has 1 aliphatic heterocycles. The third kappa shape index (κ3) is 4.75. The maximum absolute atomic E-state index is 12.7. The summed E-state index contributed by atoms with van der Waals surface area (Å²) in [5.41, 5.74) is 7.46. The Bertz CT molecular complexity index is 790. The highest BCUT2D eigenvalue weighted by atomic mass is 16.5. The summed E-state index contributed by atoms with van der Waals surface area (Å²) < 4.78 is 10.8. The van der Waals surface area contributed by atoms with E-state index in [1.165, 1.54) is 6.26 Å². The zero-order valence-corrected chi connectivity index (χ0v) is 15.6. The second-order valence-electron chi connectivity index (χ2n) is 6.85. The monoisotopic (exact) mass is 371 g/mol. The van der Waals surface area contributed by atoms with Crippen molar-refractivity contribution >= 4 is 11.8 Å². The van der Waals surface area contributed by atoms with E-state index in [4.69, 9.17) is 14.9 Å². The van der Waals surface area contributed by atoms with Crippen molar-refractivity contribution in [3.8, 4) is 0 Å². The quantitative estimate of drug-likeness (QED) is 0.837. The molecule has 7 heteroatoms. The van der Waals surface area contributed by atoms with Gasteiger partial charge in [-0.25, -0.2) is 0 Å². The molecule has 2 amide bonds. The van der Waals surface area contributed by atoms with Gasteiger partial charge in [0.25, 0.3) is 11.8 Å². The second kappa shape index (κ2) is 8.37. The third-order valence-electron chi connectivity index (χ3n) is 4.48. The van der Waals surface area contributed by atoms with Crippen LogP contribution < -0.4 is 11.1 Å². The van der Waals surface area contributed by atoms with Gasteiger partial charge in [0.05, 0.1) is 24.3 Å². The lowest BCUT2D eigenvalue weighted by atomic mass is 10.1. The number of benzene rings is 1. The van der Waals surface area contributed by atoms with Crippen molar-refractivity contribution < 1.29 is 18.7 Å². The molecule has 2 atom stereocenters. The van der Waals surface area contributed by atoms with Gasteiger partial charge in [0, 0.05) is 25.2 Å². The molecule has 3 rings (SSSR count). The number of furan rings is 1. The molecular weight excluding hydrogens is 346 g/mol. The first kappa shape index (κ1) is 19.1. The van der Waals surface area contributed by atoms with Crippen LogP contribution in [0.15, 0.2) is 41.0 Å². The van der Waals surface area contributed by atoms with Gasteiger partial charge in [-0.2, -0.15) is 0 Å². The number of rotatable bonds is 5. The van der Waals surface area contributed by atoms with E-state index < -0.39 is 0 Å². The standard InChI is InChI=1S/C20H25N3O4/c1-13-10-23(11-14(2)27-13)20(25)16-5-3-15(4-6-16)9-22-19(24)17-7-18(8-21)26-12-17/h3-7,12-14H,8-11,21H2,1-2H3,(H,22,24). The summed E-state index contributed by atoms with van der Waals surface area (Å²) in [6.07, 6.45) is 1.47. The number of carbonyl (C=O) groups is 2. The first-order valence-electron chi connectivity index (χ1n) is 9.05. The SMILES string of the molecule is CC1CN(C(=O)c2ccc(CNC(=O)c3coc(CN)c3)cc2)CC(C)O1. The van der Waals surface area contributed by atoms with Gasteiger partial charge in [-0.3, -0.25) is 9.59 Å². The lowest BCUT2D eigenvalue weighted by Crippen LogP contribution is -2.48. The van der Waals surface area contributed by atoms with Gasteiger partial charge in [-0.1, -0.05) is 12.1 Å². The van der Waals surface area contributed by atoms with Gasteiger partial charge >= 0.3 is 0 Å². The van der Waals surface area contributed by atoms with Crippen LogP contribution in [0.2, 0.25) is 0 Å². The summed E-state index contributed by atoms with van der Waals surface area (Å²) in [6, 6.07) is 8.91. The average molecular weight is 371 g/mol. The molecule has 7 nitrogen and oxygen atoms in total. The van der Waals surface area contributed by atoms with Crippen molar-refractivity contribution in [2.45, 2.75) is 39.1 Å². The van der Waals surface area contributed by atoms with Crippen LogP contribution in [0.25, 0.3) is 0 Å². The maximum Gasteiger partial charge on any atom is 0.254 e. The van der Waals surface area contributed by atoms with E-state index in [9.17, 15) is 9.59 Å². The molecule has 1 fully saturated rings. The summed E-state index contributed by atoms with van der Waals surface area (Å²) in [7, 11) is 0. The van der Waals surface area contributed by atoms with E-state index in [1.54, 1.807) is 18.2 Å². The van der Waals surface area contributed by atoms with Gasteiger partial charge in [0.1, 0.15) is 12.0 Å². The van der Waals surface area contributed by atoms with E-state index in [1.807, 2.05) is 30.9 Å². The summed E-state index contributed by atoms with van der Waals surface area (Å²) in [6.45, 7) is 5.74. The summed E-state index contributed by atoms with van der Waals surface area (Å²) in [5, 5.41) is 2.82. The minimum Gasteiger partial charge on any atom is -0.467 e. The molecule has 1 aliphatic rings. The van der Waals surface area contributed by atoms with Crippen molar-refractivity contribution in [2.24, 2.45) is 5.73 Å². The molecule has 0 spiro atoms. The van der Waals surface area contributed by atoms with Crippen molar-refractivity contribution in [3.63, 3.8) is 0 Å². The highest BCUT2D eigenvalue weighted by Crippen LogP contribution is 2.15. The Kier molecular flexibility index (Phi) is 5.93. The van der Waals surface area contributed by atoms with Gasteiger partial charge in [-0.05, 0) is 37.6 Å². The number of hydrogen-bond acceptors (Lipinski definition) is 5. The van der Waals surface area contributed by atoms with Gasteiger partial charge in [-0.15, -0.1) is 0 Å². The number of hydrogen-bond donors (Lipinski definition) is 2. The fourth-order valence-electron chi connectivity index (χ4n) is 3.18. The highest BCUT2D eigenvalue weighted by molar-refractivity contribution is 5.95. The van der Waals surface area contributed by atoms with E-state index in [-0.39, 0.29) is 30.6 Å². The van der Waals surface area contributed by atoms with Crippen molar-refractivity contribution in [2.75, 3.05) is 13.1 Å².